The van der Waals surface area contributed by atoms with Gasteiger partial charge in [-0.15, -0.1) is 0 Å². The van der Waals surface area contributed by atoms with Crippen molar-refractivity contribution in [2.75, 3.05) is 24.2 Å². The fraction of sp³-hybridized carbons (Fsp3) is 0.111. The Morgan fingerprint density at radius 2 is 2.11 bits per heavy atom. The molecule has 0 aliphatic rings. The number of pyridine rings is 1. The number of carbonyl (C=O) groups is 1. The van der Waals surface area contributed by atoms with E-state index in [-0.39, 0.29) is 11.7 Å². The van der Waals surface area contributed by atoms with E-state index in [0.717, 1.165) is 0 Å². The third-order valence-corrected chi connectivity index (χ3v) is 4.19. The zero-order chi connectivity index (χ0) is 19.2. The van der Waals surface area contributed by atoms with Crippen LogP contribution in [0.3, 0.4) is 0 Å². The number of rotatable bonds is 6. The minimum absolute atomic E-state index is 0.293. The van der Waals surface area contributed by atoms with Gasteiger partial charge in [0.25, 0.3) is 0 Å². The summed E-state index contributed by atoms with van der Waals surface area (Å²) in [5.74, 6) is 0.159. The second kappa shape index (κ2) is 8.65. The third kappa shape index (κ3) is 4.83. The number of aromatic nitrogens is 3. The van der Waals surface area contributed by atoms with Gasteiger partial charge in [0.1, 0.15) is 23.8 Å². The van der Waals surface area contributed by atoms with Crippen molar-refractivity contribution in [2.45, 2.75) is 0 Å². The number of hydrogen-bond acceptors (Lipinski definition) is 6. The van der Waals surface area contributed by atoms with Gasteiger partial charge in [-0.2, -0.15) is 0 Å². The molecule has 0 saturated carbocycles. The Hall–Kier alpha value is -2.91. The van der Waals surface area contributed by atoms with E-state index in [9.17, 15) is 9.18 Å². The quantitative estimate of drug-likeness (QED) is 0.519. The molecule has 2 heterocycles. The van der Waals surface area contributed by atoms with Crippen LogP contribution in [0.4, 0.5) is 21.7 Å². The summed E-state index contributed by atoms with van der Waals surface area (Å²) in [7, 11) is 1.79. The standard InChI is InChI=1S/C18H16BrFN6O/c1-21-6-2-3-17(27)26-16-8-12-15(9-22-16)23-10-24-18(12)25-11-4-5-13(19)14(20)7-11/h2-5,7-10,21H,6H2,1H3,(H,22,26,27)(H,23,24,25)/b3-2+. The molecule has 0 saturated heterocycles. The zero-order valence-electron chi connectivity index (χ0n) is 14.3. The number of likely N-dealkylation sites (N-methyl/N-ethyl adjacent to an activating group) is 1. The monoisotopic (exact) mass is 430 g/mol. The van der Waals surface area contributed by atoms with Crippen LogP contribution in [0.2, 0.25) is 0 Å². The Labute approximate surface area is 163 Å². The van der Waals surface area contributed by atoms with Crippen molar-refractivity contribution in [1.29, 1.82) is 0 Å². The highest BCUT2D eigenvalue weighted by molar-refractivity contribution is 9.10. The van der Waals surface area contributed by atoms with Gasteiger partial charge in [0.05, 0.1) is 16.2 Å². The number of anilines is 3. The van der Waals surface area contributed by atoms with Crippen LogP contribution in [0.15, 0.2) is 53.4 Å². The number of hydrogen-bond donors (Lipinski definition) is 3. The van der Waals surface area contributed by atoms with E-state index in [4.69, 9.17) is 0 Å². The normalized spacial score (nSPS) is 11.1. The summed E-state index contributed by atoms with van der Waals surface area (Å²) in [5, 5.41) is 9.31. The van der Waals surface area contributed by atoms with Crippen molar-refractivity contribution < 1.29 is 9.18 Å². The summed E-state index contributed by atoms with van der Waals surface area (Å²) < 4.78 is 14.1. The van der Waals surface area contributed by atoms with Gasteiger partial charge >= 0.3 is 0 Å². The minimum Gasteiger partial charge on any atom is -0.340 e. The molecule has 2 aromatic heterocycles. The maximum atomic E-state index is 13.7. The number of carbonyl (C=O) groups excluding carboxylic acids is 1. The summed E-state index contributed by atoms with van der Waals surface area (Å²) in [5.41, 5.74) is 1.13. The van der Waals surface area contributed by atoms with Gasteiger partial charge in [0.15, 0.2) is 0 Å². The van der Waals surface area contributed by atoms with Crippen LogP contribution in [0.1, 0.15) is 0 Å². The minimum atomic E-state index is -0.388. The molecule has 0 atom stereocenters. The Morgan fingerprint density at radius 1 is 1.26 bits per heavy atom. The smallest absolute Gasteiger partial charge is 0.249 e. The molecule has 3 N–H and O–H groups in total. The van der Waals surface area contributed by atoms with Crippen molar-refractivity contribution in [2.24, 2.45) is 0 Å². The van der Waals surface area contributed by atoms with Gasteiger partial charge in [-0.3, -0.25) is 4.79 Å². The molecule has 0 bridgehead atoms. The Bertz CT molecular complexity index is 1010. The number of nitrogens with one attached hydrogen (secondary N) is 3. The summed E-state index contributed by atoms with van der Waals surface area (Å²) in [6.45, 7) is 0.588. The number of amides is 1. The van der Waals surface area contributed by atoms with Crippen LogP contribution < -0.4 is 16.0 Å². The summed E-state index contributed by atoms with van der Waals surface area (Å²) >= 11 is 3.12. The predicted octanol–water partition coefficient (Wildman–Crippen LogP) is 3.38. The SMILES string of the molecule is CNC/C=C/C(=O)Nc1cc2c(Nc3ccc(Br)c(F)c3)ncnc2cn1. The van der Waals surface area contributed by atoms with Crippen LogP contribution in [0, 0.1) is 5.82 Å². The summed E-state index contributed by atoms with van der Waals surface area (Å²) in [4.78, 5) is 24.5. The van der Waals surface area contributed by atoms with Crippen molar-refractivity contribution in [3.63, 3.8) is 0 Å². The van der Waals surface area contributed by atoms with Gasteiger partial charge in [-0.05, 0) is 47.2 Å². The molecule has 0 fully saturated rings. The lowest BCUT2D eigenvalue weighted by atomic mass is 10.2. The molecule has 3 rings (SSSR count). The predicted molar refractivity (Wildman–Crippen MR) is 106 cm³/mol. The Kier molecular flexibility index (Phi) is 6.05. The fourth-order valence-corrected chi connectivity index (χ4v) is 2.54. The van der Waals surface area contributed by atoms with Crippen molar-refractivity contribution in [3.05, 3.63) is 59.2 Å². The van der Waals surface area contributed by atoms with E-state index in [0.29, 0.717) is 39.2 Å². The molecule has 0 radical (unpaired) electrons. The zero-order valence-corrected chi connectivity index (χ0v) is 15.9. The van der Waals surface area contributed by atoms with Crippen molar-refractivity contribution in [3.8, 4) is 0 Å². The second-order valence-electron chi connectivity index (χ2n) is 5.51. The Balaban J connectivity index is 1.87. The first kappa shape index (κ1) is 18.9. The first-order valence-electron chi connectivity index (χ1n) is 8.02. The second-order valence-corrected chi connectivity index (χ2v) is 6.37. The van der Waals surface area contributed by atoms with E-state index < -0.39 is 0 Å². The molecule has 7 nitrogen and oxygen atoms in total. The largest absolute Gasteiger partial charge is 0.340 e. The molecular formula is C18H16BrFN6O. The number of benzene rings is 1. The van der Waals surface area contributed by atoms with Crippen molar-refractivity contribution in [1.82, 2.24) is 20.3 Å². The van der Waals surface area contributed by atoms with Gasteiger partial charge in [0, 0.05) is 23.7 Å². The van der Waals surface area contributed by atoms with Gasteiger partial charge in [-0.1, -0.05) is 6.08 Å². The van der Waals surface area contributed by atoms with E-state index in [1.807, 2.05) is 0 Å². The van der Waals surface area contributed by atoms with Crippen LogP contribution >= 0.6 is 15.9 Å². The number of nitrogens with zero attached hydrogens (tertiary/aromatic N) is 3. The molecule has 0 unspecified atom stereocenters. The maximum Gasteiger partial charge on any atom is 0.249 e. The Morgan fingerprint density at radius 3 is 2.89 bits per heavy atom. The molecule has 9 heteroatoms. The first-order valence-corrected chi connectivity index (χ1v) is 8.81. The molecule has 3 aromatic rings. The van der Waals surface area contributed by atoms with Gasteiger partial charge in [0.2, 0.25) is 5.91 Å². The highest BCUT2D eigenvalue weighted by Gasteiger charge is 2.09. The van der Waals surface area contributed by atoms with Crippen LogP contribution in [0.5, 0.6) is 0 Å². The highest BCUT2D eigenvalue weighted by atomic mass is 79.9. The average Bonchev–Trinajstić information content (AvgIpc) is 2.65. The molecule has 1 amide bonds. The van der Waals surface area contributed by atoms with E-state index in [2.05, 4.69) is 46.8 Å². The van der Waals surface area contributed by atoms with Crippen LogP contribution in [-0.2, 0) is 4.79 Å². The first-order chi connectivity index (χ1) is 13.1. The van der Waals surface area contributed by atoms with Gasteiger partial charge < -0.3 is 16.0 Å². The summed E-state index contributed by atoms with van der Waals surface area (Å²) in [6, 6.07) is 6.34. The van der Waals surface area contributed by atoms with E-state index >= 15 is 0 Å². The molecular weight excluding hydrogens is 415 g/mol. The lowest BCUT2D eigenvalue weighted by molar-refractivity contribution is -0.111. The van der Waals surface area contributed by atoms with Crippen LogP contribution in [0.25, 0.3) is 10.9 Å². The van der Waals surface area contributed by atoms with Crippen molar-refractivity contribution >= 4 is 50.1 Å². The molecule has 138 valence electrons. The molecule has 0 aliphatic heterocycles. The lowest BCUT2D eigenvalue weighted by Crippen LogP contribution is -2.11. The van der Waals surface area contributed by atoms with E-state index in [1.54, 1.807) is 31.3 Å². The highest BCUT2D eigenvalue weighted by Crippen LogP contribution is 2.26. The summed E-state index contributed by atoms with van der Waals surface area (Å²) in [6.07, 6.45) is 6.06. The van der Waals surface area contributed by atoms with Gasteiger partial charge in [-0.25, -0.2) is 19.3 Å². The lowest BCUT2D eigenvalue weighted by Gasteiger charge is -2.10. The number of halogens is 2. The average molecular weight is 431 g/mol. The molecule has 0 spiro atoms. The van der Waals surface area contributed by atoms with E-state index in [1.165, 1.54) is 24.7 Å². The third-order valence-electron chi connectivity index (χ3n) is 3.55. The topological polar surface area (TPSA) is 91.8 Å². The number of fused-ring (bicyclic) bond motifs is 1. The fourth-order valence-electron chi connectivity index (χ4n) is 2.29. The molecule has 1 aromatic carbocycles. The maximum absolute atomic E-state index is 13.7. The van der Waals surface area contributed by atoms with Crippen LogP contribution in [-0.4, -0.2) is 34.5 Å². The molecule has 27 heavy (non-hydrogen) atoms. The molecule has 0 aliphatic carbocycles.